The Labute approximate surface area is 127 Å². The normalized spacial score (nSPS) is 30.2. The molecule has 1 aromatic carbocycles. The summed E-state index contributed by atoms with van der Waals surface area (Å²) in [6.07, 6.45) is 4.01. The van der Waals surface area contributed by atoms with Crippen molar-refractivity contribution >= 4 is 34.2 Å². The summed E-state index contributed by atoms with van der Waals surface area (Å²) in [6.45, 7) is 1.96. The Morgan fingerprint density at radius 2 is 2.25 bits per heavy atom. The molecule has 0 saturated carbocycles. The third-order valence-electron chi connectivity index (χ3n) is 4.45. The molecule has 20 heavy (non-hydrogen) atoms. The highest BCUT2D eigenvalue weighted by atomic mass is 35.5. The zero-order valence-corrected chi connectivity index (χ0v) is 12.7. The van der Waals surface area contributed by atoms with Crippen molar-refractivity contribution < 1.29 is 4.74 Å². The topological polar surface area (TPSA) is 27.1 Å². The summed E-state index contributed by atoms with van der Waals surface area (Å²) in [5.74, 6) is 0.899. The van der Waals surface area contributed by atoms with Gasteiger partial charge in [0.15, 0.2) is 0 Å². The second-order valence-corrected chi connectivity index (χ2v) is 6.80. The van der Waals surface area contributed by atoms with E-state index in [0.717, 1.165) is 34.7 Å². The summed E-state index contributed by atoms with van der Waals surface area (Å²) in [5.41, 5.74) is 1.92. The molecule has 2 aromatic rings. The fourth-order valence-electron chi connectivity index (χ4n) is 3.62. The lowest BCUT2D eigenvalue weighted by Gasteiger charge is -2.24. The lowest BCUT2D eigenvalue weighted by Crippen LogP contribution is -2.23. The molecule has 2 aliphatic heterocycles. The third-order valence-corrected chi connectivity index (χ3v) is 4.95. The van der Waals surface area contributed by atoms with Crippen LogP contribution in [0.2, 0.25) is 5.02 Å². The van der Waals surface area contributed by atoms with Gasteiger partial charge in [0.25, 0.3) is 0 Å². The van der Waals surface area contributed by atoms with E-state index in [9.17, 15) is 0 Å². The lowest BCUT2D eigenvalue weighted by atomic mass is 9.95. The van der Waals surface area contributed by atoms with Gasteiger partial charge in [0.05, 0.1) is 39.7 Å². The van der Waals surface area contributed by atoms with E-state index in [-0.39, 0.29) is 11.5 Å². The van der Waals surface area contributed by atoms with Gasteiger partial charge in [0.2, 0.25) is 0 Å². The van der Waals surface area contributed by atoms with Crippen LogP contribution in [-0.2, 0) is 4.74 Å². The number of imidazole rings is 1. The molecule has 3 heterocycles. The first-order valence-electron chi connectivity index (χ1n) is 7.11. The van der Waals surface area contributed by atoms with Crippen molar-refractivity contribution in [1.82, 2.24) is 9.55 Å². The summed E-state index contributed by atoms with van der Waals surface area (Å²) in [7, 11) is 0. The van der Waals surface area contributed by atoms with Crippen LogP contribution < -0.4 is 0 Å². The molecule has 3 nitrogen and oxygen atoms in total. The van der Waals surface area contributed by atoms with Crippen molar-refractivity contribution in [2.24, 2.45) is 0 Å². The van der Waals surface area contributed by atoms with Crippen LogP contribution in [0.1, 0.15) is 43.4 Å². The second-order valence-electron chi connectivity index (χ2n) is 5.74. The maximum absolute atomic E-state index is 6.42. The summed E-state index contributed by atoms with van der Waals surface area (Å²) in [6, 6.07) is 6.16. The zero-order valence-electron chi connectivity index (χ0n) is 11.2. The van der Waals surface area contributed by atoms with Gasteiger partial charge >= 0.3 is 0 Å². The number of fused-ring (bicyclic) bond motifs is 3. The number of halogens is 2. The SMILES string of the molecule is CC(Cl)c1nc2cccc(Cl)c2n1C1CC2CCC1O2. The predicted molar refractivity (Wildman–Crippen MR) is 80.6 cm³/mol. The van der Waals surface area contributed by atoms with Gasteiger partial charge in [0.1, 0.15) is 5.82 Å². The fourth-order valence-corrected chi connectivity index (χ4v) is 4.04. The largest absolute Gasteiger partial charge is 0.373 e. The molecule has 0 aliphatic carbocycles. The highest BCUT2D eigenvalue weighted by Crippen LogP contribution is 2.45. The number of ether oxygens (including phenoxy) is 1. The number of benzene rings is 1. The van der Waals surface area contributed by atoms with Gasteiger partial charge in [-0.2, -0.15) is 0 Å². The van der Waals surface area contributed by atoms with E-state index in [1.807, 2.05) is 25.1 Å². The van der Waals surface area contributed by atoms with Crippen LogP contribution in [0.5, 0.6) is 0 Å². The monoisotopic (exact) mass is 310 g/mol. The molecule has 4 rings (SSSR count). The summed E-state index contributed by atoms with van der Waals surface area (Å²) >= 11 is 12.8. The smallest absolute Gasteiger partial charge is 0.128 e. The number of rotatable bonds is 2. The minimum Gasteiger partial charge on any atom is -0.373 e. The fraction of sp³-hybridized carbons (Fsp3) is 0.533. The second kappa shape index (κ2) is 4.62. The molecule has 0 radical (unpaired) electrons. The van der Waals surface area contributed by atoms with Crippen LogP contribution in [0, 0.1) is 0 Å². The molecule has 2 fully saturated rings. The molecular weight excluding hydrogens is 295 g/mol. The van der Waals surface area contributed by atoms with Crippen molar-refractivity contribution in [3.05, 3.63) is 29.0 Å². The third kappa shape index (κ3) is 1.80. The Morgan fingerprint density at radius 1 is 1.40 bits per heavy atom. The molecule has 4 unspecified atom stereocenters. The van der Waals surface area contributed by atoms with Crippen LogP contribution in [0.4, 0.5) is 0 Å². The molecule has 5 heteroatoms. The number of hydrogen-bond donors (Lipinski definition) is 0. The first kappa shape index (κ1) is 12.9. The highest BCUT2D eigenvalue weighted by molar-refractivity contribution is 6.35. The molecule has 2 saturated heterocycles. The molecule has 2 aliphatic rings. The van der Waals surface area contributed by atoms with E-state index < -0.39 is 0 Å². The number of para-hydroxylation sites is 1. The molecule has 2 bridgehead atoms. The first-order chi connectivity index (χ1) is 9.65. The first-order valence-corrected chi connectivity index (χ1v) is 7.92. The Kier molecular flexibility index (Phi) is 2.99. The van der Waals surface area contributed by atoms with Gasteiger partial charge < -0.3 is 9.30 Å². The molecule has 1 aromatic heterocycles. The van der Waals surface area contributed by atoms with E-state index in [0.29, 0.717) is 12.1 Å². The zero-order chi connectivity index (χ0) is 13.9. The minimum absolute atomic E-state index is 0.141. The summed E-state index contributed by atoms with van der Waals surface area (Å²) < 4.78 is 8.23. The molecule has 0 spiro atoms. The molecule has 0 amide bonds. The Morgan fingerprint density at radius 3 is 2.90 bits per heavy atom. The van der Waals surface area contributed by atoms with E-state index >= 15 is 0 Å². The van der Waals surface area contributed by atoms with Gasteiger partial charge in [-0.1, -0.05) is 17.7 Å². The van der Waals surface area contributed by atoms with Crippen molar-refractivity contribution in [1.29, 1.82) is 0 Å². The minimum atomic E-state index is -0.141. The highest BCUT2D eigenvalue weighted by Gasteiger charge is 2.43. The predicted octanol–water partition coefficient (Wildman–Crippen LogP) is 4.48. The Hall–Kier alpha value is -0.770. The quantitative estimate of drug-likeness (QED) is 0.765. The maximum atomic E-state index is 6.42. The van der Waals surface area contributed by atoms with E-state index in [1.54, 1.807) is 0 Å². The number of aromatic nitrogens is 2. The van der Waals surface area contributed by atoms with E-state index in [1.165, 1.54) is 6.42 Å². The molecular formula is C15H16Cl2N2O. The average Bonchev–Trinajstić information content (AvgIpc) is 3.11. The van der Waals surface area contributed by atoms with Gasteiger partial charge in [-0.3, -0.25) is 0 Å². The van der Waals surface area contributed by atoms with Crippen molar-refractivity contribution in [2.45, 2.75) is 49.8 Å². The molecule has 0 N–H and O–H groups in total. The van der Waals surface area contributed by atoms with E-state index in [4.69, 9.17) is 32.9 Å². The number of nitrogens with zero attached hydrogens (tertiary/aromatic N) is 2. The van der Waals surface area contributed by atoms with Gasteiger partial charge in [-0.15, -0.1) is 11.6 Å². The van der Waals surface area contributed by atoms with Gasteiger partial charge in [-0.25, -0.2) is 4.98 Å². The summed E-state index contributed by atoms with van der Waals surface area (Å²) in [4.78, 5) is 4.69. The van der Waals surface area contributed by atoms with Crippen LogP contribution in [0.3, 0.4) is 0 Å². The lowest BCUT2D eigenvalue weighted by molar-refractivity contribution is 0.0939. The molecule has 106 valence electrons. The Balaban J connectivity index is 1.94. The van der Waals surface area contributed by atoms with E-state index in [2.05, 4.69) is 4.57 Å². The van der Waals surface area contributed by atoms with Gasteiger partial charge in [-0.05, 0) is 38.3 Å². The van der Waals surface area contributed by atoms with Crippen molar-refractivity contribution in [3.63, 3.8) is 0 Å². The standard InChI is InChI=1S/C15H16Cl2N2O/c1-8(16)15-18-11-4-2-3-10(17)14(11)19(15)12-7-9-5-6-13(12)20-9/h2-4,8-9,12-13H,5-7H2,1H3. The number of alkyl halides is 1. The van der Waals surface area contributed by atoms with Crippen LogP contribution >= 0.6 is 23.2 Å². The number of hydrogen-bond acceptors (Lipinski definition) is 2. The van der Waals surface area contributed by atoms with Crippen molar-refractivity contribution in [2.75, 3.05) is 0 Å². The van der Waals surface area contributed by atoms with Crippen LogP contribution in [-0.4, -0.2) is 21.8 Å². The molecule has 4 atom stereocenters. The van der Waals surface area contributed by atoms with Crippen LogP contribution in [0.25, 0.3) is 11.0 Å². The maximum Gasteiger partial charge on any atom is 0.128 e. The summed E-state index contributed by atoms with van der Waals surface area (Å²) in [5, 5.41) is 0.596. The van der Waals surface area contributed by atoms with Crippen LogP contribution in [0.15, 0.2) is 18.2 Å². The Bertz CT molecular complexity index is 667. The average molecular weight is 311 g/mol. The van der Waals surface area contributed by atoms with Crippen molar-refractivity contribution in [3.8, 4) is 0 Å². The van der Waals surface area contributed by atoms with Gasteiger partial charge in [0, 0.05) is 0 Å².